The van der Waals surface area contributed by atoms with Gasteiger partial charge in [0.2, 0.25) is 0 Å². The molecule has 0 radical (unpaired) electrons. The van der Waals surface area contributed by atoms with E-state index in [1.165, 1.54) is 4.88 Å². The van der Waals surface area contributed by atoms with Crippen LogP contribution in [0.25, 0.3) is 5.65 Å². The lowest BCUT2D eigenvalue weighted by molar-refractivity contribution is 0.0829. The lowest BCUT2D eigenvalue weighted by Gasteiger charge is -2.24. The predicted octanol–water partition coefficient (Wildman–Crippen LogP) is 2.22. The summed E-state index contributed by atoms with van der Waals surface area (Å²) in [6.45, 7) is 1.95. The fourth-order valence-corrected chi connectivity index (χ4v) is 4.04. The van der Waals surface area contributed by atoms with E-state index in [0.717, 1.165) is 31.6 Å². The molecule has 1 atom stereocenters. The van der Waals surface area contributed by atoms with E-state index < -0.39 is 0 Å². The lowest BCUT2D eigenvalue weighted by Crippen LogP contribution is -2.24. The molecule has 1 aliphatic rings. The van der Waals surface area contributed by atoms with Crippen LogP contribution in [-0.2, 0) is 6.54 Å². The van der Waals surface area contributed by atoms with E-state index in [4.69, 9.17) is 0 Å². The highest BCUT2D eigenvalue weighted by Gasteiger charge is 2.29. The first-order valence-electron chi connectivity index (χ1n) is 8.31. The van der Waals surface area contributed by atoms with Gasteiger partial charge in [-0.05, 0) is 25.5 Å². The summed E-state index contributed by atoms with van der Waals surface area (Å²) < 4.78 is 1.83. The number of aromatic nitrogens is 4. The van der Waals surface area contributed by atoms with Crippen molar-refractivity contribution in [1.82, 2.24) is 29.4 Å². The van der Waals surface area contributed by atoms with Crippen molar-refractivity contribution in [2.45, 2.75) is 25.4 Å². The highest BCUT2D eigenvalue weighted by Crippen LogP contribution is 2.33. The Morgan fingerprint density at radius 3 is 3.04 bits per heavy atom. The molecule has 3 aromatic heterocycles. The van der Waals surface area contributed by atoms with Crippen LogP contribution >= 0.6 is 11.3 Å². The number of rotatable bonds is 4. The van der Waals surface area contributed by atoms with E-state index in [0.29, 0.717) is 11.2 Å². The quantitative estimate of drug-likeness (QED) is 0.717. The van der Waals surface area contributed by atoms with Gasteiger partial charge >= 0.3 is 0 Å². The van der Waals surface area contributed by atoms with Crippen molar-refractivity contribution in [1.29, 1.82) is 0 Å². The van der Waals surface area contributed by atoms with Crippen LogP contribution in [-0.4, -0.2) is 55.9 Å². The van der Waals surface area contributed by atoms with Gasteiger partial charge in [-0.3, -0.25) is 14.7 Å². The van der Waals surface area contributed by atoms with Gasteiger partial charge in [0, 0.05) is 37.9 Å². The molecule has 0 spiro atoms. The van der Waals surface area contributed by atoms with E-state index in [-0.39, 0.29) is 11.9 Å². The largest absolute Gasteiger partial charge is 0.345 e. The molecule has 4 heterocycles. The number of amides is 1. The number of hydrogen-bond acceptors (Lipinski definition) is 6. The smallest absolute Gasteiger partial charge is 0.258 e. The first-order valence-corrected chi connectivity index (χ1v) is 9.19. The van der Waals surface area contributed by atoms with Crippen molar-refractivity contribution in [2.75, 3.05) is 20.6 Å². The van der Waals surface area contributed by atoms with Crippen LogP contribution in [0.1, 0.15) is 39.8 Å². The maximum Gasteiger partial charge on any atom is 0.258 e. The van der Waals surface area contributed by atoms with Crippen molar-refractivity contribution in [3.8, 4) is 0 Å². The summed E-state index contributed by atoms with van der Waals surface area (Å²) in [5.74, 6) is -0.0763. The Kier molecular flexibility index (Phi) is 4.22. The molecule has 1 amide bonds. The van der Waals surface area contributed by atoms with E-state index >= 15 is 0 Å². The Balaban J connectivity index is 1.70. The predicted molar refractivity (Wildman–Crippen MR) is 95.5 cm³/mol. The molecule has 25 heavy (non-hydrogen) atoms. The molecule has 0 bridgehead atoms. The van der Waals surface area contributed by atoms with Crippen LogP contribution in [0, 0.1) is 0 Å². The minimum atomic E-state index is -0.0763. The summed E-state index contributed by atoms with van der Waals surface area (Å²) in [5.41, 5.74) is 4.13. The summed E-state index contributed by atoms with van der Waals surface area (Å²) >= 11 is 1.68. The number of hydrogen-bond donors (Lipinski definition) is 0. The second kappa shape index (κ2) is 6.53. The maximum atomic E-state index is 12.3. The van der Waals surface area contributed by atoms with Crippen molar-refractivity contribution >= 4 is 22.9 Å². The lowest BCUT2D eigenvalue weighted by atomic mass is 10.1. The molecule has 0 unspecified atom stereocenters. The van der Waals surface area contributed by atoms with Crippen LogP contribution in [0.3, 0.4) is 0 Å². The van der Waals surface area contributed by atoms with Gasteiger partial charge in [-0.25, -0.2) is 9.50 Å². The molecule has 0 N–H and O–H groups in total. The van der Waals surface area contributed by atoms with Gasteiger partial charge < -0.3 is 4.90 Å². The van der Waals surface area contributed by atoms with E-state index in [9.17, 15) is 4.79 Å². The van der Waals surface area contributed by atoms with E-state index in [1.54, 1.807) is 42.7 Å². The van der Waals surface area contributed by atoms with Crippen LogP contribution in [0.15, 0.2) is 30.2 Å². The molecule has 8 heteroatoms. The van der Waals surface area contributed by atoms with Gasteiger partial charge in [0.25, 0.3) is 5.91 Å². The molecule has 7 nitrogen and oxygen atoms in total. The highest BCUT2D eigenvalue weighted by atomic mass is 32.1. The molecule has 0 aliphatic carbocycles. The molecule has 4 rings (SSSR count). The minimum absolute atomic E-state index is 0.0763. The molecule has 130 valence electrons. The van der Waals surface area contributed by atoms with Crippen molar-refractivity contribution in [2.24, 2.45) is 0 Å². The number of likely N-dealkylation sites (tertiary alicyclic amines) is 1. The molecule has 1 aliphatic heterocycles. The van der Waals surface area contributed by atoms with Crippen molar-refractivity contribution in [3.63, 3.8) is 0 Å². The second-order valence-electron chi connectivity index (χ2n) is 6.46. The molecule has 0 saturated carbocycles. The first-order chi connectivity index (χ1) is 12.1. The fraction of sp³-hybridized carbons (Fsp3) is 0.412. The molecule has 1 saturated heterocycles. The summed E-state index contributed by atoms with van der Waals surface area (Å²) in [4.78, 5) is 26.2. The normalized spacial score (nSPS) is 18.1. The van der Waals surface area contributed by atoms with Gasteiger partial charge in [0.1, 0.15) is 5.56 Å². The first kappa shape index (κ1) is 16.2. The number of carbonyl (C=O) groups is 1. The Bertz CT molecular complexity index is 888. The van der Waals surface area contributed by atoms with Gasteiger partial charge in [-0.2, -0.15) is 5.10 Å². The SMILES string of the molecule is CN(C)C(=O)c1cnn2c([C@H]3CCCN3Cc3cncs3)ccnc12. The van der Waals surface area contributed by atoms with E-state index in [1.807, 2.05) is 22.3 Å². The zero-order valence-electron chi connectivity index (χ0n) is 14.3. The van der Waals surface area contributed by atoms with Gasteiger partial charge in [-0.1, -0.05) is 0 Å². The van der Waals surface area contributed by atoms with Crippen molar-refractivity contribution in [3.05, 3.63) is 46.3 Å². The van der Waals surface area contributed by atoms with Crippen LogP contribution in [0.2, 0.25) is 0 Å². The molecule has 0 aromatic carbocycles. The summed E-state index contributed by atoms with van der Waals surface area (Å²) in [7, 11) is 3.48. The minimum Gasteiger partial charge on any atom is -0.345 e. The highest BCUT2D eigenvalue weighted by molar-refractivity contribution is 7.09. The van der Waals surface area contributed by atoms with Gasteiger partial charge in [0.15, 0.2) is 5.65 Å². The third-order valence-electron chi connectivity index (χ3n) is 4.61. The van der Waals surface area contributed by atoms with Crippen molar-refractivity contribution < 1.29 is 4.79 Å². The van der Waals surface area contributed by atoms with Crippen LogP contribution < -0.4 is 0 Å². The number of nitrogens with zero attached hydrogens (tertiary/aromatic N) is 6. The monoisotopic (exact) mass is 356 g/mol. The fourth-order valence-electron chi connectivity index (χ4n) is 3.42. The second-order valence-corrected chi connectivity index (χ2v) is 7.43. The third kappa shape index (κ3) is 2.91. The third-order valence-corrected chi connectivity index (χ3v) is 5.38. The Morgan fingerprint density at radius 2 is 2.28 bits per heavy atom. The Labute approximate surface area is 149 Å². The summed E-state index contributed by atoms with van der Waals surface area (Å²) in [6, 6.07) is 2.29. The summed E-state index contributed by atoms with van der Waals surface area (Å²) in [6.07, 6.45) is 7.56. The summed E-state index contributed by atoms with van der Waals surface area (Å²) in [5, 5.41) is 4.47. The zero-order valence-corrected chi connectivity index (χ0v) is 15.1. The number of thiazole rings is 1. The average Bonchev–Trinajstić information content (AvgIpc) is 3.34. The van der Waals surface area contributed by atoms with Gasteiger partial charge in [0.05, 0.1) is 23.4 Å². The van der Waals surface area contributed by atoms with Crippen LogP contribution in [0.5, 0.6) is 0 Å². The Hall–Kier alpha value is -2.32. The molecular weight excluding hydrogens is 336 g/mol. The maximum absolute atomic E-state index is 12.3. The van der Waals surface area contributed by atoms with Gasteiger partial charge in [-0.15, -0.1) is 11.3 Å². The van der Waals surface area contributed by atoms with Crippen LogP contribution in [0.4, 0.5) is 0 Å². The standard InChI is InChI=1S/C17H20N6OS/c1-21(2)17(24)13-9-20-23-15(5-6-19-16(13)23)14-4-3-7-22(14)10-12-8-18-11-25-12/h5-6,8-9,11,14H,3-4,7,10H2,1-2H3/t14-/m1/s1. The molecule has 1 fully saturated rings. The molecule has 3 aromatic rings. The number of fused-ring (bicyclic) bond motifs is 1. The topological polar surface area (TPSA) is 66.6 Å². The number of carbonyl (C=O) groups excluding carboxylic acids is 1. The molecular formula is C17H20N6OS. The van der Waals surface area contributed by atoms with E-state index in [2.05, 4.69) is 20.0 Å². The average molecular weight is 356 g/mol. The Morgan fingerprint density at radius 1 is 1.40 bits per heavy atom. The zero-order chi connectivity index (χ0) is 17.4.